The zero-order valence-corrected chi connectivity index (χ0v) is 20.6. The van der Waals surface area contributed by atoms with Gasteiger partial charge in [0.1, 0.15) is 11.4 Å². The van der Waals surface area contributed by atoms with Crippen LogP contribution in [0, 0.1) is 13.8 Å². The molecule has 0 aliphatic carbocycles. The molecule has 0 N–H and O–H groups in total. The Kier molecular flexibility index (Phi) is 6.66. The molecule has 4 rings (SSSR count). The fraction of sp³-hybridized carbons (Fsp3) is 0.545. The number of amides is 1. The van der Waals surface area contributed by atoms with Gasteiger partial charge in [-0.2, -0.15) is 9.40 Å². The molecule has 1 aromatic carbocycles. The Bertz CT molecular complexity index is 1230. The second-order valence-electron chi connectivity index (χ2n) is 8.78. The Hall–Kier alpha value is -2.24. The van der Waals surface area contributed by atoms with Crippen LogP contribution in [0.25, 0.3) is 0 Å². The summed E-state index contributed by atoms with van der Waals surface area (Å²) >= 11 is 0. The fourth-order valence-electron chi connectivity index (χ4n) is 4.77. The molecule has 2 aliphatic rings. The van der Waals surface area contributed by atoms with Gasteiger partial charge in [0.2, 0.25) is 15.9 Å². The van der Waals surface area contributed by atoms with Gasteiger partial charge in [0.05, 0.1) is 28.9 Å². The zero-order chi connectivity index (χ0) is 23.8. The van der Waals surface area contributed by atoms with Crippen LogP contribution in [0.5, 0.6) is 0 Å². The molecule has 11 heteroatoms. The highest BCUT2D eigenvalue weighted by molar-refractivity contribution is 7.91. The number of piperidine rings is 1. The van der Waals surface area contributed by atoms with Gasteiger partial charge in [-0.3, -0.25) is 9.48 Å². The summed E-state index contributed by atoms with van der Waals surface area (Å²) in [5.74, 6) is -0.359. The van der Waals surface area contributed by atoms with Crippen molar-refractivity contribution in [3.05, 3.63) is 41.7 Å². The molecule has 2 saturated heterocycles. The second kappa shape index (κ2) is 9.19. The number of sulfonamides is 1. The summed E-state index contributed by atoms with van der Waals surface area (Å²) in [6, 6.07) is 8.51. The molecule has 2 aromatic rings. The van der Waals surface area contributed by atoms with Gasteiger partial charge in [0.25, 0.3) is 0 Å². The fourth-order valence-corrected chi connectivity index (χ4v) is 8.36. The standard InChI is InChI=1S/C22H30N4O5S2/c1-17-22(33(30,31)24-12-7-4-8-13-24)18(2)25(23-17)15-21(27)26(19-9-5-3-6-10-19)20-11-14-32(28,29)16-20/h3,5-6,9-10,20H,4,7-8,11-16H2,1-2H3/t20-/m0/s1. The van der Waals surface area contributed by atoms with Gasteiger partial charge >= 0.3 is 0 Å². The number of aromatic nitrogens is 2. The van der Waals surface area contributed by atoms with Crippen LogP contribution in [0.1, 0.15) is 37.1 Å². The molecule has 1 aromatic heterocycles. The highest BCUT2D eigenvalue weighted by atomic mass is 32.2. The molecule has 180 valence electrons. The molecule has 2 fully saturated rings. The van der Waals surface area contributed by atoms with E-state index in [4.69, 9.17) is 0 Å². The Balaban J connectivity index is 1.63. The molecule has 2 aliphatic heterocycles. The van der Waals surface area contributed by atoms with Crippen LogP contribution in [0.15, 0.2) is 35.2 Å². The first-order valence-electron chi connectivity index (χ1n) is 11.2. The lowest BCUT2D eigenvalue weighted by Gasteiger charge is -2.28. The third kappa shape index (κ3) is 4.85. The number of sulfone groups is 1. The number of hydrogen-bond acceptors (Lipinski definition) is 6. The Morgan fingerprint density at radius 3 is 2.39 bits per heavy atom. The summed E-state index contributed by atoms with van der Waals surface area (Å²) in [6.45, 7) is 4.11. The predicted molar refractivity (Wildman–Crippen MR) is 125 cm³/mol. The third-order valence-corrected chi connectivity index (χ3v) is 10.3. The number of aryl methyl sites for hydroxylation is 1. The summed E-state index contributed by atoms with van der Waals surface area (Å²) in [6.07, 6.45) is 3.05. The van der Waals surface area contributed by atoms with Crippen molar-refractivity contribution in [2.75, 3.05) is 29.5 Å². The third-order valence-electron chi connectivity index (χ3n) is 6.39. The molecule has 3 heterocycles. The normalized spacial score (nSPS) is 21.2. The predicted octanol–water partition coefficient (Wildman–Crippen LogP) is 1.89. The average molecular weight is 495 g/mol. The first kappa shape index (κ1) is 23.9. The molecule has 9 nitrogen and oxygen atoms in total. The summed E-state index contributed by atoms with van der Waals surface area (Å²) in [4.78, 5) is 15.1. The summed E-state index contributed by atoms with van der Waals surface area (Å²) in [7, 11) is -6.89. The SMILES string of the molecule is Cc1nn(CC(=O)N(c2ccccc2)[C@H]2CCS(=O)(=O)C2)c(C)c1S(=O)(=O)N1CCCCC1. The van der Waals surface area contributed by atoms with Gasteiger partial charge in [-0.05, 0) is 45.2 Å². The van der Waals surface area contributed by atoms with Crippen molar-refractivity contribution in [1.29, 1.82) is 0 Å². The number of carbonyl (C=O) groups excluding carboxylic acids is 1. The number of hydrogen-bond donors (Lipinski definition) is 0. The average Bonchev–Trinajstić information content (AvgIpc) is 3.27. The van der Waals surface area contributed by atoms with Crippen molar-refractivity contribution < 1.29 is 21.6 Å². The van der Waals surface area contributed by atoms with Crippen LogP contribution in [-0.4, -0.2) is 67.5 Å². The van der Waals surface area contributed by atoms with Gasteiger partial charge in [-0.15, -0.1) is 0 Å². The minimum atomic E-state index is -3.70. The van der Waals surface area contributed by atoms with Crippen LogP contribution < -0.4 is 4.90 Å². The summed E-state index contributed by atoms with van der Waals surface area (Å²) in [5, 5.41) is 4.39. The number of anilines is 1. The van der Waals surface area contributed by atoms with Crippen molar-refractivity contribution in [2.45, 2.75) is 57.0 Å². The first-order chi connectivity index (χ1) is 15.6. The summed E-state index contributed by atoms with van der Waals surface area (Å²) < 4.78 is 53.7. The van der Waals surface area contributed by atoms with E-state index < -0.39 is 25.9 Å². The maximum absolute atomic E-state index is 13.4. The summed E-state index contributed by atoms with van der Waals surface area (Å²) in [5.41, 5.74) is 1.39. The molecule has 0 bridgehead atoms. The van der Waals surface area contributed by atoms with E-state index in [2.05, 4.69) is 5.10 Å². The number of para-hydroxylation sites is 1. The highest BCUT2D eigenvalue weighted by Gasteiger charge is 2.37. The highest BCUT2D eigenvalue weighted by Crippen LogP contribution is 2.28. The molecule has 0 spiro atoms. The van der Waals surface area contributed by atoms with Crippen molar-refractivity contribution in [3.63, 3.8) is 0 Å². The van der Waals surface area contributed by atoms with Crippen LogP contribution >= 0.6 is 0 Å². The molecule has 0 radical (unpaired) electrons. The maximum atomic E-state index is 13.4. The van der Waals surface area contributed by atoms with Crippen molar-refractivity contribution in [3.8, 4) is 0 Å². The first-order valence-corrected chi connectivity index (χ1v) is 14.5. The lowest BCUT2D eigenvalue weighted by Crippen LogP contribution is -2.43. The smallest absolute Gasteiger partial charge is 0.249 e. The van der Waals surface area contributed by atoms with Gasteiger partial charge in [0.15, 0.2) is 9.84 Å². The molecular formula is C22H30N4O5S2. The van der Waals surface area contributed by atoms with Crippen LogP contribution in [0.4, 0.5) is 5.69 Å². The monoisotopic (exact) mass is 494 g/mol. The van der Waals surface area contributed by atoms with Crippen LogP contribution in [0.3, 0.4) is 0 Å². The number of nitrogens with zero attached hydrogens (tertiary/aromatic N) is 4. The lowest BCUT2D eigenvalue weighted by atomic mass is 10.1. The van der Waals surface area contributed by atoms with Gasteiger partial charge in [-0.25, -0.2) is 16.8 Å². The van der Waals surface area contributed by atoms with Crippen molar-refractivity contribution in [2.24, 2.45) is 0 Å². The minimum Gasteiger partial charge on any atom is -0.307 e. The Labute approximate surface area is 195 Å². The Morgan fingerprint density at radius 2 is 1.79 bits per heavy atom. The van der Waals surface area contributed by atoms with E-state index in [0.717, 1.165) is 19.3 Å². The van der Waals surface area contributed by atoms with E-state index in [0.29, 0.717) is 36.6 Å². The Morgan fingerprint density at radius 1 is 1.12 bits per heavy atom. The topological polar surface area (TPSA) is 110 Å². The van der Waals surface area contributed by atoms with E-state index in [9.17, 15) is 21.6 Å². The molecule has 0 saturated carbocycles. The molecule has 33 heavy (non-hydrogen) atoms. The number of benzene rings is 1. The van der Waals surface area contributed by atoms with E-state index in [-0.39, 0.29) is 28.9 Å². The number of rotatable bonds is 6. The number of carbonyl (C=O) groups is 1. The van der Waals surface area contributed by atoms with Gasteiger partial charge < -0.3 is 4.90 Å². The van der Waals surface area contributed by atoms with E-state index >= 15 is 0 Å². The van der Waals surface area contributed by atoms with Crippen LogP contribution in [0.2, 0.25) is 0 Å². The lowest BCUT2D eigenvalue weighted by molar-refractivity contribution is -0.119. The zero-order valence-electron chi connectivity index (χ0n) is 19.0. The molecule has 1 amide bonds. The van der Waals surface area contributed by atoms with E-state index in [1.54, 1.807) is 38.1 Å². The van der Waals surface area contributed by atoms with Crippen molar-refractivity contribution >= 4 is 31.5 Å². The van der Waals surface area contributed by atoms with Crippen molar-refractivity contribution in [1.82, 2.24) is 14.1 Å². The molecule has 1 atom stereocenters. The second-order valence-corrected chi connectivity index (χ2v) is 12.9. The van der Waals surface area contributed by atoms with E-state index in [1.807, 2.05) is 6.07 Å². The minimum absolute atomic E-state index is 0.0480. The molecular weight excluding hydrogens is 464 g/mol. The molecule has 0 unspecified atom stereocenters. The van der Waals surface area contributed by atoms with Gasteiger partial charge in [-0.1, -0.05) is 24.6 Å². The van der Waals surface area contributed by atoms with Gasteiger partial charge in [0, 0.05) is 18.8 Å². The largest absolute Gasteiger partial charge is 0.307 e. The van der Waals surface area contributed by atoms with E-state index in [1.165, 1.54) is 13.9 Å². The quantitative estimate of drug-likeness (QED) is 0.607. The maximum Gasteiger partial charge on any atom is 0.249 e. The van der Waals surface area contributed by atoms with Crippen LogP contribution in [-0.2, 0) is 31.2 Å².